The number of hydrogen-bond donors (Lipinski definition) is 1. The Morgan fingerprint density at radius 3 is 2.65 bits per heavy atom. The molecule has 26 heavy (non-hydrogen) atoms. The lowest BCUT2D eigenvalue weighted by Crippen LogP contribution is -2.07. The second kappa shape index (κ2) is 7.19. The average Bonchev–Trinajstić information content (AvgIpc) is 2.65. The van der Waals surface area contributed by atoms with Crippen molar-refractivity contribution in [2.45, 2.75) is 13.3 Å². The van der Waals surface area contributed by atoms with Gasteiger partial charge in [0, 0.05) is 11.6 Å². The van der Waals surface area contributed by atoms with Crippen molar-refractivity contribution in [2.24, 2.45) is 0 Å². The molecule has 0 saturated carbocycles. The number of benzene rings is 1. The van der Waals surface area contributed by atoms with Crippen molar-refractivity contribution in [2.75, 3.05) is 7.11 Å². The minimum Gasteiger partial charge on any atom is -0.504 e. The van der Waals surface area contributed by atoms with Gasteiger partial charge in [0.1, 0.15) is 17.0 Å². The van der Waals surface area contributed by atoms with Gasteiger partial charge in [0.05, 0.1) is 7.11 Å². The fourth-order valence-corrected chi connectivity index (χ4v) is 2.60. The lowest BCUT2D eigenvalue weighted by Gasteiger charge is -2.09. The van der Waals surface area contributed by atoms with Crippen LogP contribution in [0.2, 0.25) is 0 Å². The Hall–Kier alpha value is -3.46. The molecule has 3 aromatic rings. The van der Waals surface area contributed by atoms with Crippen molar-refractivity contribution in [3.63, 3.8) is 0 Å². The van der Waals surface area contributed by atoms with Crippen LogP contribution in [0.4, 0.5) is 4.39 Å². The van der Waals surface area contributed by atoms with E-state index in [-0.39, 0.29) is 22.8 Å². The first-order chi connectivity index (χ1) is 12.5. The smallest absolute Gasteiger partial charge is 0.360 e. The van der Waals surface area contributed by atoms with Crippen molar-refractivity contribution >= 4 is 16.9 Å². The van der Waals surface area contributed by atoms with E-state index >= 15 is 0 Å². The Morgan fingerprint density at radius 1 is 1.27 bits per heavy atom. The predicted octanol–water partition coefficient (Wildman–Crippen LogP) is 3.22. The molecule has 0 amide bonds. The molecule has 6 heteroatoms. The molecule has 3 rings (SSSR count). The summed E-state index contributed by atoms with van der Waals surface area (Å²) in [7, 11) is 1.21. The molecule has 1 aromatic carbocycles. The van der Waals surface area contributed by atoms with Gasteiger partial charge in [0.25, 0.3) is 0 Å². The molecule has 0 saturated heterocycles. The first-order valence-corrected chi connectivity index (χ1v) is 7.80. The number of fused-ring (bicyclic) bond motifs is 1. The second-order valence-electron chi connectivity index (χ2n) is 5.57. The number of halogens is 1. The third kappa shape index (κ3) is 3.33. The van der Waals surface area contributed by atoms with Crippen LogP contribution in [0.5, 0.6) is 5.75 Å². The molecular formula is C20H15FN2O3. The maximum absolute atomic E-state index is 13.0. The minimum absolute atomic E-state index is 0.223. The van der Waals surface area contributed by atoms with E-state index in [0.717, 1.165) is 11.1 Å². The van der Waals surface area contributed by atoms with Crippen LogP contribution in [0.15, 0.2) is 36.5 Å². The summed E-state index contributed by atoms with van der Waals surface area (Å²) in [5.74, 6) is 4.16. The summed E-state index contributed by atoms with van der Waals surface area (Å²) in [5, 5.41) is 10.9. The number of pyridine rings is 2. The molecule has 2 heterocycles. The van der Waals surface area contributed by atoms with Crippen molar-refractivity contribution in [1.82, 2.24) is 9.97 Å². The number of carbonyl (C=O) groups is 1. The molecule has 0 spiro atoms. The van der Waals surface area contributed by atoms with Crippen LogP contribution in [-0.2, 0) is 11.2 Å². The predicted molar refractivity (Wildman–Crippen MR) is 94.3 cm³/mol. The standard InChI is InChI=1S/C20H15FN2O3/c1-3-4-16-15-10-13(9-12-5-7-14(21)8-6-12)11-22-17(15)19(24)18(23-16)20(25)26-2/h5-8,10-11,24H,9H2,1-2H3. The van der Waals surface area contributed by atoms with Crippen LogP contribution in [0.25, 0.3) is 10.9 Å². The molecule has 0 bridgehead atoms. The van der Waals surface area contributed by atoms with Crippen molar-refractivity contribution in [3.05, 3.63) is 64.9 Å². The monoisotopic (exact) mass is 350 g/mol. The summed E-state index contributed by atoms with van der Waals surface area (Å²) in [6.45, 7) is 1.65. The fraction of sp³-hybridized carbons (Fsp3) is 0.150. The molecule has 0 unspecified atom stereocenters. The topological polar surface area (TPSA) is 72.3 Å². The maximum atomic E-state index is 13.0. The molecule has 130 valence electrons. The SMILES string of the molecule is CC#Cc1nc(C(=O)OC)c(O)c2ncc(Cc3ccc(F)cc3)cc12. The lowest BCUT2D eigenvalue weighted by molar-refractivity contribution is 0.0590. The van der Waals surface area contributed by atoms with E-state index in [2.05, 4.69) is 26.5 Å². The Kier molecular flexibility index (Phi) is 4.81. The van der Waals surface area contributed by atoms with Gasteiger partial charge >= 0.3 is 5.97 Å². The number of aromatic hydroxyl groups is 1. The fourth-order valence-electron chi connectivity index (χ4n) is 2.60. The number of methoxy groups -OCH3 is 1. The summed E-state index contributed by atoms with van der Waals surface area (Å²) in [6, 6.07) is 7.99. The van der Waals surface area contributed by atoms with E-state index < -0.39 is 5.97 Å². The van der Waals surface area contributed by atoms with Gasteiger partial charge in [0.2, 0.25) is 0 Å². The highest BCUT2D eigenvalue weighted by molar-refractivity contribution is 5.99. The van der Waals surface area contributed by atoms with E-state index in [0.29, 0.717) is 17.5 Å². The summed E-state index contributed by atoms with van der Waals surface area (Å²) < 4.78 is 17.7. The number of esters is 1. The van der Waals surface area contributed by atoms with Crippen LogP contribution < -0.4 is 0 Å². The van der Waals surface area contributed by atoms with Gasteiger partial charge in [-0.25, -0.2) is 14.2 Å². The van der Waals surface area contributed by atoms with Gasteiger partial charge in [0.15, 0.2) is 11.4 Å². The first-order valence-electron chi connectivity index (χ1n) is 7.80. The molecule has 2 aromatic heterocycles. The molecule has 0 aliphatic heterocycles. The summed E-state index contributed by atoms with van der Waals surface area (Å²) in [6.07, 6.45) is 2.12. The number of nitrogens with zero attached hydrogens (tertiary/aromatic N) is 2. The third-order valence-electron chi connectivity index (χ3n) is 3.82. The molecule has 0 atom stereocenters. The molecule has 0 aliphatic carbocycles. The minimum atomic E-state index is -0.763. The first kappa shape index (κ1) is 17.4. The number of hydrogen-bond acceptors (Lipinski definition) is 5. The average molecular weight is 350 g/mol. The van der Waals surface area contributed by atoms with Crippen LogP contribution >= 0.6 is 0 Å². The van der Waals surface area contributed by atoms with E-state index in [4.69, 9.17) is 0 Å². The zero-order valence-electron chi connectivity index (χ0n) is 14.2. The normalized spacial score (nSPS) is 10.3. The van der Waals surface area contributed by atoms with Gasteiger partial charge in [-0.3, -0.25) is 4.98 Å². The van der Waals surface area contributed by atoms with Crippen LogP contribution in [0, 0.1) is 17.7 Å². The number of carbonyl (C=O) groups excluding carboxylic acids is 1. The zero-order chi connectivity index (χ0) is 18.7. The van der Waals surface area contributed by atoms with Crippen LogP contribution in [0.3, 0.4) is 0 Å². The Bertz CT molecular complexity index is 1050. The van der Waals surface area contributed by atoms with E-state index in [1.807, 2.05) is 0 Å². The summed E-state index contributed by atoms with van der Waals surface area (Å²) in [4.78, 5) is 20.2. The molecule has 1 N–H and O–H groups in total. The van der Waals surface area contributed by atoms with Crippen LogP contribution in [0.1, 0.15) is 34.2 Å². The summed E-state index contributed by atoms with van der Waals surface area (Å²) in [5.41, 5.74) is 2.08. The Balaban J connectivity index is 2.13. The number of rotatable bonds is 3. The van der Waals surface area contributed by atoms with Gasteiger partial charge in [-0.15, -0.1) is 0 Å². The zero-order valence-corrected chi connectivity index (χ0v) is 14.2. The van der Waals surface area contributed by atoms with Gasteiger partial charge in [-0.1, -0.05) is 18.1 Å². The highest BCUT2D eigenvalue weighted by Crippen LogP contribution is 2.29. The summed E-state index contributed by atoms with van der Waals surface area (Å²) >= 11 is 0. The van der Waals surface area contributed by atoms with Gasteiger partial charge in [-0.05, 0) is 48.6 Å². The van der Waals surface area contributed by atoms with Gasteiger partial charge in [-0.2, -0.15) is 0 Å². The lowest BCUT2D eigenvalue weighted by atomic mass is 10.0. The van der Waals surface area contributed by atoms with Gasteiger partial charge < -0.3 is 9.84 Å². The van der Waals surface area contributed by atoms with Crippen LogP contribution in [-0.4, -0.2) is 28.2 Å². The quantitative estimate of drug-likeness (QED) is 0.580. The van der Waals surface area contributed by atoms with Crippen molar-refractivity contribution < 1.29 is 19.0 Å². The Labute approximate surface area is 149 Å². The second-order valence-corrected chi connectivity index (χ2v) is 5.57. The molecule has 0 fully saturated rings. The highest BCUT2D eigenvalue weighted by Gasteiger charge is 2.20. The maximum Gasteiger partial charge on any atom is 0.360 e. The third-order valence-corrected chi connectivity index (χ3v) is 3.82. The highest BCUT2D eigenvalue weighted by atomic mass is 19.1. The molecule has 0 radical (unpaired) electrons. The van der Waals surface area contributed by atoms with E-state index in [1.54, 1.807) is 31.3 Å². The number of ether oxygens (including phenoxy) is 1. The number of aromatic nitrogens is 2. The van der Waals surface area contributed by atoms with E-state index in [9.17, 15) is 14.3 Å². The van der Waals surface area contributed by atoms with Crippen molar-refractivity contribution in [3.8, 4) is 17.6 Å². The molecule has 0 aliphatic rings. The largest absolute Gasteiger partial charge is 0.504 e. The van der Waals surface area contributed by atoms with E-state index in [1.165, 1.54) is 19.2 Å². The Morgan fingerprint density at radius 2 is 2.00 bits per heavy atom. The van der Waals surface area contributed by atoms with Crippen molar-refractivity contribution in [1.29, 1.82) is 0 Å². The molecular weight excluding hydrogens is 335 g/mol. The molecule has 5 nitrogen and oxygen atoms in total.